The van der Waals surface area contributed by atoms with Gasteiger partial charge in [0.2, 0.25) is 0 Å². The third kappa shape index (κ3) is 4.27. The molecule has 0 N–H and O–H groups in total. The number of Topliss-reactive ketones (excluding diaryl/α,β-unsaturated/α-hetero) is 1. The Bertz CT molecular complexity index is 595. The van der Waals surface area contributed by atoms with Crippen molar-refractivity contribution in [3.8, 4) is 0 Å². The number of ketones is 1. The molecule has 1 amide bonds. The predicted octanol–water partition coefficient (Wildman–Crippen LogP) is 3.35. The van der Waals surface area contributed by atoms with Gasteiger partial charge < -0.3 is 14.5 Å². The quantitative estimate of drug-likeness (QED) is 0.756. The van der Waals surface area contributed by atoms with Crippen molar-refractivity contribution in [1.29, 1.82) is 0 Å². The summed E-state index contributed by atoms with van der Waals surface area (Å²) >= 11 is 0. The fourth-order valence-electron chi connectivity index (χ4n) is 3.21. The van der Waals surface area contributed by atoms with Crippen molar-refractivity contribution in [2.45, 2.75) is 52.8 Å². The van der Waals surface area contributed by atoms with Gasteiger partial charge in [0.15, 0.2) is 0 Å². The number of hydrogen-bond donors (Lipinski definition) is 0. The largest absolute Gasteiger partial charge is 0.454 e. The summed E-state index contributed by atoms with van der Waals surface area (Å²) in [6.45, 7) is 10.1. The summed E-state index contributed by atoms with van der Waals surface area (Å²) in [5, 5.41) is 0. The zero-order valence-electron chi connectivity index (χ0n) is 15.3. The van der Waals surface area contributed by atoms with Crippen molar-refractivity contribution in [3.05, 3.63) is 11.3 Å². The van der Waals surface area contributed by atoms with E-state index in [2.05, 4.69) is 0 Å². The van der Waals surface area contributed by atoms with Crippen LogP contribution in [0, 0.1) is 5.41 Å². The number of allylic oxidation sites excluding steroid dienone is 2. The minimum atomic E-state index is -4.86. The molecule has 8 heteroatoms. The molecule has 1 aliphatic carbocycles. The van der Waals surface area contributed by atoms with E-state index < -0.39 is 29.1 Å². The number of amides is 1. The van der Waals surface area contributed by atoms with Gasteiger partial charge in [0.1, 0.15) is 5.60 Å². The summed E-state index contributed by atoms with van der Waals surface area (Å²) in [4.78, 5) is 27.1. The summed E-state index contributed by atoms with van der Waals surface area (Å²) in [5.74, 6) is -1.76. The molecule has 2 rings (SSSR count). The van der Waals surface area contributed by atoms with Gasteiger partial charge >= 0.3 is 12.3 Å². The molecule has 0 aromatic rings. The van der Waals surface area contributed by atoms with Gasteiger partial charge in [-0.15, -0.1) is 0 Å². The van der Waals surface area contributed by atoms with Crippen LogP contribution in [0.5, 0.6) is 0 Å². The number of carbonyl (C=O) groups is 2. The molecule has 1 heterocycles. The molecule has 0 aromatic carbocycles. The highest BCUT2D eigenvalue weighted by atomic mass is 19.4. The van der Waals surface area contributed by atoms with Crippen molar-refractivity contribution in [2.75, 3.05) is 26.2 Å². The summed E-state index contributed by atoms with van der Waals surface area (Å²) < 4.78 is 43.9. The Balaban J connectivity index is 2.07. The monoisotopic (exact) mass is 362 g/mol. The summed E-state index contributed by atoms with van der Waals surface area (Å²) in [5.41, 5.74) is -1.06. The van der Waals surface area contributed by atoms with Gasteiger partial charge in [-0.05, 0) is 27.2 Å². The van der Waals surface area contributed by atoms with E-state index in [1.807, 2.05) is 0 Å². The first-order chi connectivity index (χ1) is 11.2. The van der Waals surface area contributed by atoms with E-state index in [1.165, 1.54) is 4.90 Å². The molecule has 25 heavy (non-hydrogen) atoms. The normalized spacial score (nSPS) is 21.1. The Hall–Kier alpha value is -1.73. The molecule has 2 aliphatic rings. The van der Waals surface area contributed by atoms with Crippen molar-refractivity contribution >= 4 is 11.9 Å². The molecular formula is C17H25F3N2O3. The van der Waals surface area contributed by atoms with Crippen molar-refractivity contribution in [2.24, 2.45) is 5.41 Å². The third-order valence-electron chi connectivity index (χ3n) is 4.37. The number of alkyl halides is 3. The van der Waals surface area contributed by atoms with Gasteiger partial charge in [-0.3, -0.25) is 4.79 Å². The second kappa shape index (κ2) is 6.21. The molecule has 0 spiro atoms. The lowest BCUT2D eigenvalue weighted by Crippen LogP contribution is -2.53. The Labute approximate surface area is 145 Å². The average molecular weight is 362 g/mol. The molecular weight excluding hydrogens is 337 g/mol. The number of ether oxygens (including phenoxy) is 1. The average Bonchev–Trinajstić information content (AvgIpc) is 2.42. The number of piperazine rings is 1. The Morgan fingerprint density at radius 3 is 1.96 bits per heavy atom. The highest BCUT2D eigenvalue weighted by molar-refractivity contribution is 6.02. The van der Waals surface area contributed by atoms with Gasteiger partial charge in [0.25, 0.3) is 5.78 Å². The highest BCUT2D eigenvalue weighted by Gasteiger charge is 2.52. The Morgan fingerprint density at radius 1 is 1.04 bits per heavy atom. The van der Waals surface area contributed by atoms with E-state index in [9.17, 15) is 22.8 Å². The Morgan fingerprint density at radius 2 is 1.56 bits per heavy atom. The van der Waals surface area contributed by atoms with Crippen LogP contribution in [-0.2, 0) is 9.53 Å². The fourth-order valence-corrected chi connectivity index (χ4v) is 3.21. The van der Waals surface area contributed by atoms with Crippen LogP contribution in [0.3, 0.4) is 0 Å². The lowest BCUT2D eigenvalue weighted by molar-refractivity contribution is -0.168. The number of halogens is 3. The van der Waals surface area contributed by atoms with Gasteiger partial charge in [-0.2, -0.15) is 13.2 Å². The lowest BCUT2D eigenvalue weighted by atomic mass is 9.67. The maximum absolute atomic E-state index is 12.9. The topological polar surface area (TPSA) is 49.9 Å². The SMILES string of the molecule is CC(C)(C)OC(=O)N1CCN(C2=C(C(=O)C(F)(F)F)C(C)(C)C2)CC1. The lowest BCUT2D eigenvalue weighted by Gasteiger charge is -2.47. The van der Waals surface area contributed by atoms with Crippen LogP contribution in [0.4, 0.5) is 18.0 Å². The van der Waals surface area contributed by atoms with Crippen molar-refractivity contribution in [1.82, 2.24) is 9.80 Å². The number of nitrogens with zero attached hydrogens (tertiary/aromatic N) is 2. The maximum Gasteiger partial charge on any atom is 0.454 e. The van der Waals surface area contributed by atoms with Crippen molar-refractivity contribution in [3.63, 3.8) is 0 Å². The van der Waals surface area contributed by atoms with Gasteiger partial charge in [0.05, 0.1) is 0 Å². The van der Waals surface area contributed by atoms with Crippen LogP contribution in [0.15, 0.2) is 11.3 Å². The van der Waals surface area contributed by atoms with Gasteiger partial charge in [0, 0.05) is 42.9 Å². The molecule has 0 aromatic heterocycles. The fraction of sp³-hybridized carbons (Fsp3) is 0.765. The summed E-state index contributed by atoms with van der Waals surface area (Å²) in [7, 11) is 0. The standard InChI is InChI=1S/C17H25F3N2O3/c1-15(2,3)25-14(24)22-8-6-21(7-9-22)11-10-16(4,5)12(11)13(23)17(18,19)20/h6-10H2,1-5H3. The van der Waals surface area contributed by atoms with Gasteiger partial charge in [-0.25, -0.2) is 4.79 Å². The van der Waals surface area contributed by atoms with E-state index >= 15 is 0 Å². The Kier molecular flexibility index (Phi) is 4.87. The number of carbonyl (C=O) groups excluding carboxylic acids is 2. The van der Waals surface area contributed by atoms with E-state index in [0.29, 0.717) is 38.3 Å². The van der Waals surface area contributed by atoms with E-state index in [0.717, 1.165) is 0 Å². The van der Waals surface area contributed by atoms with Crippen LogP contribution in [-0.4, -0.2) is 59.6 Å². The maximum atomic E-state index is 12.9. The second-order valence-electron chi connectivity index (χ2n) is 8.16. The summed E-state index contributed by atoms with van der Waals surface area (Å²) in [6.07, 6.45) is -4.87. The highest BCUT2D eigenvalue weighted by Crippen LogP contribution is 2.49. The first-order valence-corrected chi connectivity index (χ1v) is 8.30. The van der Waals surface area contributed by atoms with Gasteiger partial charge in [-0.1, -0.05) is 13.8 Å². The first kappa shape index (κ1) is 19.6. The zero-order valence-corrected chi connectivity index (χ0v) is 15.3. The molecule has 5 nitrogen and oxygen atoms in total. The minimum absolute atomic E-state index is 0.147. The first-order valence-electron chi connectivity index (χ1n) is 8.30. The predicted molar refractivity (Wildman–Crippen MR) is 85.9 cm³/mol. The van der Waals surface area contributed by atoms with Crippen LogP contribution in [0.25, 0.3) is 0 Å². The molecule has 0 radical (unpaired) electrons. The zero-order chi connectivity index (χ0) is 19.2. The molecule has 0 unspecified atom stereocenters. The molecule has 142 valence electrons. The van der Waals surface area contributed by atoms with Crippen LogP contribution in [0.2, 0.25) is 0 Å². The smallest absolute Gasteiger partial charge is 0.444 e. The summed E-state index contributed by atoms with van der Waals surface area (Å²) in [6, 6.07) is 0. The van der Waals surface area contributed by atoms with Crippen LogP contribution >= 0.6 is 0 Å². The number of hydrogen-bond acceptors (Lipinski definition) is 4. The van der Waals surface area contributed by atoms with Crippen LogP contribution < -0.4 is 0 Å². The molecule has 0 atom stereocenters. The van der Waals surface area contributed by atoms with Crippen molar-refractivity contribution < 1.29 is 27.5 Å². The molecule has 0 saturated carbocycles. The molecule has 1 saturated heterocycles. The van der Waals surface area contributed by atoms with E-state index in [-0.39, 0.29) is 5.57 Å². The minimum Gasteiger partial charge on any atom is -0.444 e. The van der Waals surface area contributed by atoms with Crippen LogP contribution in [0.1, 0.15) is 41.0 Å². The third-order valence-corrected chi connectivity index (χ3v) is 4.37. The molecule has 0 bridgehead atoms. The molecule has 1 aliphatic heterocycles. The molecule has 1 fully saturated rings. The van der Waals surface area contributed by atoms with E-state index in [1.54, 1.807) is 39.5 Å². The second-order valence-corrected chi connectivity index (χ2v) is 8.16. The number of rotatable bonds is 2. The van der Waals surface area contributed by atoms with E-state index in [4.69, 9.17) is 4.74 Å².